The average molecular weight is 428 g/mol. The Morgan fingerprint density at radius 2 is 2.24 bits per heavy atom. The largest absolute Gasteiger partial charge is 0.352 e. The van der Waals surface area contributed by atoms with Crippen molar-refractivity contribution in [1.82, 2.24) is 5.32 Å². The first-order valence-electron chi connectivity index (χ1n) is 5.37. The van der Waals surface area contributed by atoms with E-state index in [2.05, 4.69) is 50.1 Å². The molecule has 0 heterocycles. The number of nitrogens with one attached hydrogen (secondary N) is 1. The number of thioether (sulfide) groups is 1. The third kappa shape index (κ3) is 5.61. The van der Waals surface area contributed by atoms with Gasteiger partial charge in [-0.25, -0.2) is 0 Å². The van der Waals surface area contributed by atoms with E-state index in [0.717, 1.165) is 33.2 Å². The molecule has 0 bridgehead atoms. The van der Waals surface area contributed by atoms with Crippen molar-refractivity contribution in [2.45, 2.75) is 12.8 Å². The normalized spacial score (nSPS) is 10.3. The average Bonchev–Trinajstić information content (AvgIpc) is 2.32. The quantitative estimate of drug-likeness (QED) is 0.550. The lowest BCUT2D eigenvalue weighted by molar-refractivity contribution is 0.0952. The molecule has 0 aliphatic heterocycles. The van der Waals surface area contributed by atoms with Crippen LogP contribution in [0.3, 0.4) is 0 Å². The van der Waals surface area contributed by atoms with Crippen molar-refractivity contribution in [3.05, 3.63) is 31.8 Å². The van der Waals surface area contributed by atoms with Gasteiger partial charge in [0.05, 0.1) is 5.56 Å². The van der Waals surface area contributed by atoms with Crippen molar-refractivity contribution in [3.8, 4) is 0 Å². The van der Waals surface area contributed by atoms with Crippen molar-refractivity contribution in [2.75, 3.05) is 18.6 Å². The lowest BCUT2D eigenvalue weighted by Crippen LogP contribution is -2.25. The number of hydrogen-bond donors (Lipinski definition) is 1. The van der Waals surface area contributed by atoms with Gasteiger partial charge < -0.3 is 5.32 Å². The molecule has 1 rings (SSSR count). The SMILES string of the molecule is CSCCCCNC(=O)c1cc(I)ccc1Br. The Bertz CT molecular complexity index is 387. The number of rotatable bonds is 6. The molecule has 1 N–H and O–H groups in total. The van der Waals surface area contributed by atoms with Crippen LogP contribution in [0.1, 0.15) is 23.2 Å². The predicted molar refractivity (Wildman–Crippen MR) is 86.8 cm³/mol. The highest BCUT2D eigenvalue weighted by Gasteiger charge is 2.09. The number of hydrogen-bond acceptors (Lipinski definition) is 2. The molecule has 0 atom stereocenters. The van der Waals surface area contributed by atoms with E-state index in [4.69, 9.17) is 0 Å². The summed E-state index contributed by atoms with van der Waals surface area (Å²) in [6.45, 7) is 0.747. The lowest BCUT2D eigenvalue weighted by atomic mass is 10.2. The van der Waals surface area contributed by atoms with Crippen LogP contribution in [0, 0.1) is 3.57 Å². The van der Waals surface area contributed by atoms with Gasteiger partial charge in [-0.15, -0.1) is 0 Å². The smallest absolute Gasteiger partial charge is 0.252 e. The van der Waals surface area contributed by atoms with Gasteiger partial charge in [0.15, 0.2) is 0 Å². The van der Waals surface area contributed by atoms with Crippen LogP contribution in [0.2, 0.25) is 0 Å². The molecule has 0 aromatic heterocycles. The molecular weight excluding hydrogens is 413 g/mol. The lowest BCUT2D eigenvalue weighted by Gasteiger charge is -2.07. The molecule has 0 radical (unpaired) electrons. The van der Waals surface area contributed by atoms with Crippen molar-refractivity contribution >= 4 is 56.2 Å². The van der Waals surface area contributed by atoms with Gasteiger partial charge in [0.1, 0.15) is 0 Å². The minimum atomic E-state index is -0.000424. The monoisotopic (exact) mass is 427 g/mol. The summed E-state index contributed by atoms with van der Waals surface area (Å²) in [7, 11) is 0. The Balaban J connectivity index is 2.44. The maximum absolute atomic E-state index is 11.9. The van der Waals surface area contributed by atoms with Crippen LogP contribution in [0.4, 0.5) is 0 Å². The first-order valence-corrected chi connectivity index (χ1v) is 8.64. The van der Waals surface area contributed by atoms with Gasteiger partial charge in [-0.05, 0) is 81.6 Å². The summed E-state index contributed by atoms with van der Waals surface area (Å²) < 4.78 is 1.91. The summed E-state index contributed by atoms with van der Waals surface area (Å²) in [5, 5.41) is 2.94. The van der Waals surface area contributed by atoms with Crippen molar-refractivity contribution in [1.29, 1.82) is 0 Å². The molecule has 1 aromatic carbocycles. The van der Waals surface area contributed by atoms with Gasteiger partial charge in [-0.3, -0.25) is 4.79 Å². The van der Waals surface area contributed by atoms with Crippen molar-refractivity contribution < 1.29 is 4.79 Å². The van der Waals surface area contributed by atoms with Gasteiger partial charge in [0.25, 0.3) is 5.91 Å². The van der Waals surface area contributed by atoms with Crippen LogP contribution in [0.5, 0.6) is 0 Å². The maximum Gasteiger partial charge on any atom is 0.252 e. The van der Waals surface area contributed by atoms with Crippen LogP contribution >= 0.6 is 50.3 Å². The summed E-state index contributed by atoms with van der Waals surface area (Å²) in [5.74, 6) is 1.16. The third-order valence-electron chi connectivity index (χ3n) is 2.23. The van der Waals surface area contributed by atoms with Crippen molar-refractivity contribution in [2.24, 2.45) is 0 Å². The molecule has 5 heteroatoms. The Morgan fingerprint density at radius 3 is 2.94 bits per heavy atom. The Morgan fingerprint density at radius 1 is 1.47 bits per heavy atom. The fourth-order valence-corrected chi connectivity index (χ4v) is 2.75. The zero-order valence-electron chi connectivity index (χ0n) is 9.63. The Labute approximate surface area is 129 Å². The third-order valence-corrected chi connectivity index (χ3v) is 4.29. The van der Waals surface area contributed by atoms with Crippen LogP contribution in [-0.4, -0.2) is 24.5 Å². The standard InChI is InChI=1S/C12H15BrINOS/c1-17-7-3-2-6-15-12(16)10-8-9(14)4-5-11(10)13/h4-5,8H,2-3,6-7H2,1H3,(H,15,16). The molecule has 0 aliphatic carbocycles. The molecule has 0 spiro atoms. The minimum absolute atomic E-state index is 0.000424. The molecule has 0 saturated heterocycles. The highest BCUT2D eigenvalue weighted by atomic mass is 127. The van der Waals surface area contributed by atoms with Crippen LogP contribution in [0.15, 0.2) is 22.7 Å². The van der Waals surface area contributed by atoms with Crippen LogP contribution < -0.4 is 5.32 Å². The van der Waals surface area contributed by atoms with E-state index in [-0.39, 0.29) is 5.91 Å². The molecule has 94 valence electrons. The summed E-state index contributed by atoms with van der Waals surface area (Å²) in [4.78, 5) is 11.9. The Hall–Kier alpha value is 0.250. The molecule has 0 saturated carbocycles. The summed E-state index contributed by atoms with van der Waals surface area (Å²) in [5.41, 5.74) is 0.710. The minimum Gasteiger partial charge on any atom is -0.352 e. The molecule has 0 aliphatic rings. The number of amides is 1. The van der Waals surface area contributed by atoms with E-state index in [9.17, 15) is 4.79 Å². The van der Waals surface area contributed by atoms with E-state index in [0.29, 0.717) is 5.56 Å². The number of unbranched alkanes of at least 4 members (excludes halogenated alkanes) is 1. The molecule has 1 amide bonds. The predicted octanol–water partition coefficient (Wildman–Crippen LogP) is 3.93. The second kappa shape index (κ2) is 8.37. The molecule has 0 fully saturated rings. The number of benzene rings is 1. The zero-order valence-corrected chi connectivity index (χ0v) is 14.2. The Kier molecular flexibility index (Phi) is 7.54. The van der Waals surface area contributed by atoms with Gasteiger partial charge in [-0.1, -0.05) is 0 Å². The van der Waals surface area contributed by atoms with E-state index >= 15 is 0 Å². The molecule has 2 nitrogen and oxygen atoms in total. The van der Waals surface area contributed by atoms with Gasteiger partial charge in [0, 0.05) is 14.6 Å². The summed E-state index contributed by atoms with van der Waals surface area (Å²) >= 11 is 7.45. The highest BCUT2D eigenvalue weighted by molar-refractivity contribution is 14.1. The highest BCUT2D eigenvalue weighted by Crippen LogP contribution is 2.19. The van der Waals surface area contributed by atoms with Crippen LogP contribution in [-0.2, 0) is 0 Å². The summed E-state index contributed by atoms with van der Waals surface area (Å²) in [6, 6.07) is 5.77. The van der Waals surface area contributed by atoms with Crippen LogP contribution in [0.25, 0.3) is 0 Å². The van der Waals surface area contributed by atoms with Crippen molar-refractivity contribution in [3.63, 3.8) is 0 Å². The zero-order chi connectivity index (χ0) is 12.7. The second-order valence-corrected chi connectivity index (χ2v) is 6.67. The van der Waals surface area contributed by atoms with E-state index in [1.54, 1.807) is 0 Å². The molecule has 17 heavy (non-hydrogen) atoms. The fraction of sp³-hybridized carbons (Fsp3) is 0.417. The topological polar surface area (TPSA) is 29.1 Å². The first kappa shape index (κ1) is 15.3. The number of carbonyl (C=O) groups excluding carboxylic acids is 1. The maximum atomic E-state index is 11.9. The van der Waals surface area contributed by atoms with Gasteiger partial charge in [0.2, 0.25) is 0 Å². The first-order chi connectivity index (χ1) is 8.15. The molecular formula is C12H15BrINOS. The molecule has 1 aromatic rings. The number of halogens is 2. The van der Waals surface area contributed by atoms with E-state index in [1.807, 2.05) is 30.0 Å². The second-order valence-electron chi connectivity index (χ2n) is 3.58. The van der Waals surface area contributed by atoms with E-state index < -0.39 is 0 Å². The van der Waals surface area contributed by atoms with Gasteiger partial charge >= 0.3 is 0 Å². The fourth-order valence-electron chi connectivity index (χ4n) is 1.34. The summed E-state index contributed by atoms with van der Waals surface area (Å²) in [6.07, 6.45) is 4.28. The number of carbonyl (C=O) groups is 1. The molecule has 0 unspecified atom stereocenters. The van der Waals surface area contributed by atoms with Gasteiger partial charge in [-0.2, -0.15) is 11.8 Å². The van der Waals surface area contributed by atoms with E-state index in [1.165, 1.54) is 0 Å².